The van der Waals surface area contributed by atoms with E-state index in [1.807, 2.05) is 31.2 Å². The van der Waals surface area contributed by atoms with Crippen molar-refractivity contribution >= 4 is 17.3 Å². The third-order valence-corrected chi connectivity index (χ3v) is 4.23. The van der Waals surface area contributed by atoms with Gasteiger partial charge in [-0.3, -0.25) is 0 Å². The van der Waals surface area contributed by atoms with Crippen molar-refractivity contribution in [2.24, 2.45) is 5.41 Å². The number of aliphatic hydroxyl groups is 1. The van der Waals surface area contributed by atoms with Gasteiger partial charge in [-0.1, -0.05) is 29.8 Å². The van der Waals surface area contributed by atoms with Gasteiger partial charge in [0.2, 0.25) is 0 Å². The Balaban J connectivity index is 2.02. The minimum atomic E-state index is -0.638. The van der Waals surface area contributed by atoms with Crippen LogP contribution in [0.5, 0.6) is 0 Å². The molecule has 6 nitrogen and oxygen atoms in total. The van der Waals surface area contributed by atoms with Gasteiger partial charge in [-0.15, -0.1) is 0 Å². The zero-order chi connectivity index (χ0) is 16.3. The lowest BCUT2D eigenvalue weighted by Crippen LogP contribution is -2.37. The molecule has 0 amide bonds. The Morgan fingerprint density at radius 2 is 2.09 bits per heavy atom. The van der Waals surface area contributed by atoms with Gasteiger partial charge in [-0.2, -0.15) is 5.10 Å². The number of hydrogen-bond donors (Lipinski definition) is 1. The number of nitrogens with zero attached hydrogens (tertiary/aromatic N) is 3. The first-order chi connectivity index (χ1) is 11.1. The summed E-state index contributed by atoms with van der Waals surface area (Å²) < 4.78 is 12.3. The maximum absolute atomic E-state index is 10.9. The Bertz CT molecular complexity index is 694. The van der Waals surface area contributed by atoms with Crippen LogP contribution in [0, 0.1) is 5.41 Å². The summed E-state index contributed by atoms with van der Waals surface area (Å²) in [4.78, 5) is 3.97. The van der Waals surface area contributed by atoms with Crippen LogP contribution in [0.2, 0.25) is 5.02 Å². The summed E-state index contributed by atoms with van der Waals surface area (Å²) in [6.45, 7) is 2.89. The van der Waals surface area contributed by atoms with E-state index in [1.54, 1.807) is 11.0 Å². The van der Waals surface area contributed by atoms with Crippen LogP contribution in [-0.2, 0) is 15.9 Å². The molecule has 23 heavy (non-hydrogen) atoms. The van der Waals surface area contributed by atoms with E-state index in [0.717, 1.165) is 5.56 Å². The van der Waals surface area contributed by atoms with Crippen molar-refractivity contribution in [3.05, 3.63) is 53.3 Å². The summed E-state index contributed by atoms with van der Waals surface area (Å²) in [7, 11) is 0. The smallest absolute Gasteiger partial charge is 0.146 e. The third kappa shape index (κ3) is 3.39. The molecule has 3 rings (SSSR count). The average molecular weight is 336 g/mol. The molecule has 0 bridgehead atoms. The quantitative estimate of drug-likeness (QED) is 0.870. The van der Waals surface area contributed by atoms with Gasteiger partial charge in [0, 0.05) is 11.4 Å². The van der Waals surface area contributed by atoms with Gasteiger partial charge in [-0.05, 0) is 18.6 Å². The molecule has 0 saturated carbocycles. The highest BCUT2D eigenvalue weighted by Gasteiger charge is 2.36. The van der Waals surface area contributed by atoms with Crippen molar-refractivity contribution < 1.29 is 14.6 Å². The van der Waals surface area contributed by atoms with E-state index in [1.165, 1.54) is 6.33 Å². The summed E-state index contributed by atoms with van der Waals surface area (Å²) in [6.07, 6.45) is 3.40. The van der Waals surface area contributed by atoms with Crippen LogP contribution in [0.4, 0.5) is 0 Å². The van der Waals surface area contributed by atoms with Crippen molar-refractivity contribution in [2.45, 2.75) is 13.3 Å². The Labute approximate surface area is 139 Å². The summed E-state index contributed by atoms with van der Waals surface area (Å²) in [5, 5.41) is 15.7. The fourth-order valence-electron chi connectivity index (χ4n) is 2.56. The summed E-state index contributed by atoms with van der Waals surface area (Å²) in [5.74, 6) is 0.169. The van der Waals surface area contributed by atoms with Crippen LogP contribution < -0.4 is 0 Å². The zero-order valence-electron chi connectivity index (χ0n) is 12.8. The molecule has 2 heterocycles. The highest BCUT2D eigenvalue weighted by atomic mass is 35.5. The number of allylic oxidation sites excluding steroid dienone is 1. The number of rotatable bonds is 4. The van der Waals surface area contributed by atoms with Gasteiger partial charge >= 0.3 is 0 Å². The molecule has 0 radical (unpaired) electrons. The first kappa shape index (κ1) is 16.0. The molecular formula is C16H18ClN3O3. The highest BCUT2D eigenvalue weighted by molar-refractivity contribution is 6.31. The molecule has 1 aromatic carbocycles. The number of hydrogen-bond acceptors (Lipinski definition) is 5. The molecule has 1 aliphatic heterocycles. The molecule has 1 fully saturated rings. The maximum Gasteiger partial charge on any atom is 0.146 e. The fraction of sp³-hybridized carbons (Fsp3) is 0.375. The molecule has 0 spiro atoms. The first-order valence-corrected chi connectivity index (χ1v) is 7.64. The van der Waals surface area contributed by atoms with E-state index in [9.17, 15) is 5.11 Å². The molecule has 0 unspecified atom stereocenters. The number of aromatic nitrogens is 3. The Morgan fingerprint density at radius 3 is 2.74 bits per heavy atom. The molecule has 7 heteroatoms. The second-order valence-corrected chi connectivity index (χ2v) is 6.19. The van der Waals surface area contributed by atoms with Gasteiger partial charge in [0.25, 0.3) is 0 Å². The lowest BCUT2D eigenvalue weighted by atomic mass is 9.87. The van der Waals surface area contributed by atoms with Crippen LogP contribution in [0.15, 0.2) is 42.7 Å². The van der Waals surface area contributed by atoms with Crippen molar-refractivity contribution in [1.82, 2.24) is 14.8 Å². The van der Waals surface area contributed by atoms with Crippen LogP contribution in [0.25, 0.3) is 5.70 Å². The average Bonchev–Trinajstić information content (AvgIpc) is 3.08. The summed E-state index contributed by atoms with van der Waals surface area (Å²) >= 11 is 6.26. The topological polar surface area (TPSA) is 69.4 Å². The molecule has 0 atom stereocenters. The summed E-state index contributed by atoms with van der Waals surface area (Å²) in [6, 6.07) is 7.52. The van der Waals surface area contributed by atoms with Gasteiger partial charge in [0.1, 0.15) is 25.2 Å². The van der Waals surface area contributed by atoms with Crippen LogP contribution in [0.1, 0.15) is 12.5 Å². The van der Waals surface area contributed by atoms with Crippen molar-refractivity contribution in [3.8, 4) is 0 Å². The number of halogens is 1. The second kappa shape index (κ2) is 6.70. The molecule has 2 aromatic rings. The molecular weight excluding hydrogens is 318 g/mol. The molecule has 1 N–H and O–H groups in total. The molecule has 1 saturated heterocycles. The molecule has 1 aromatic heterocycles. The number of benzene rings is 1. The molecule has 122 valence electrons. The van der Waals surface area contributed by atoms with Crippen molar-refractivity contribution in [3.63, 3.8) is 0 Å². The van der Waals surface area contributed by atoms with Crippen molar-refractivity contribution in [2.75, 3.05) is 20.0 Å². The first-order valence-electron chi connectivity index (χ1n) is 7.27. The Hall–Kier alpha value is -1.89. The molecule has 0 aliphatic carbocycles. The largest absolute Gasteiger partial charge is 0.510 e. The molecule has 1 aliphatic rings. The second-order valence-electron chi connectivity index (χ2n) is 5.78. The Morgan fingerprint density at radius 1 is 1.35 bits per heavy atom. The lowest BCUT2D eigenvalue weighted by Gasteiger charge is -2.33. The fourth-order valence-corrected chi connectivity index (χ4v) is 2.77. The van der Waals surface area contributed by atoms with Crippen LogP contribution in [0.3, 0.4) is 0 Å². The minimum Gasteiger partial charge on any atom is -0.510 e. The predicted octanol–water partition coefficient (Wildman–Crippen LogP) is 2.91. The predicted molar refractivity (Wildman–Crippen MR) is 85.9 cm³/mol. The van der Waals surface area contributed by atoms with Gasteiger partial charge in [0.05, 0.1) is 24.3 Å². The van der Waals surface area contributed by atoms with Gasteiger partial charge < -0.3 is 14.6 Å². The van der Waals surface area contributed by atoms with E-state index in [2.05, 4.69) is 10.1 Å². The van der Waals surface area contributed by atoms with E-state index in [0.29, 0.717) is 30.4 Å². The van der Waals surface area contributed by atoms with E-state index < -0.39 is 5.41 Å². The van der Waals surface area contributed by atoms with Gasteiger partial charge in [-0.25, -0.2) is 9.67 Å². The number of aliphatic hydroxyl groups excluding tert-OH is 1. The monoisotopic (exact) mass is 335 g/mol. The minimum absolute atomic E-state index is 0.169. The highest BCUT2D eigenvalue weighted by Crippen LogP contribution is 2.34. The maximum atomic E-state index is 10.9. The van der Waals surface area contributed by atoms with E-state index in [4.69, 9.17) is 21.1 Å². The SMILES string of the molecule is CC1(C(O)=C(Cc2ccccc2Cl)n2cncn2)COCOC1. The standard InChI is InChI=1S/C16H18ClN3O3/c1-16(7-22-11-23-8-16)15(21)14(20-10-18-9-19-20)6-12-4-2-3-5-13(12)17/h2-5,9-10,21H,6-8,11H2,1H3. The van der Waals surface area contributed by atoms with E-state index >= 15 is 0 Å². The summed E-state index contributed by atoms with van der Waals surface area (Å²) in [5.41, 5.74) is 0.862. The normalized spacial score (nSPS) is 18.5. The Kier molecular flexibility index (Phi) is 4.66. The number of ether oxygens (including phenoxy) is 2. The van der Waals surface area contributed by atoms with Crippen LogP contribution in [-0.4, -0.2) is 39.9 Å². The van der Waals surface area contributed by atoms with Crippen molar-refractivity contribution in [1.29, 1.82) is 0 Å². The van der Waals surface area contributed by atoms with Crippen LogP contribution >= 0.6 is 11.6 Å². The third-order valence-electron chi connectivity index (χ3n) is 3.86. The lowest BCUT2D eigenvalue weighted by molar-refractivity contribution is -0.155. The zero-order valence-corrected chi connectivity index (χ0v) is 13.5. The van der Waals surface area contributed by atoms with E-state index in [-0.39, 0.29) is 12.6 Å². The van der Waals surface area contributed by atoms with Gasteiger partial charge in [0.15, 0.2) is 0 Å².